The number of phenols is 1. The summed E-state index contributed by atoms with van der Waals surface area (Å²) in [5.74, 6) is 1.05. The van der Waals surface area contributed by atoms with Gasteiger partial charge in [0.2, 0.25) is 5.75 Å². The predicted molar refractivity (Wildman–Crippen MR) is 84.2 cm³/mol. The molecule has 6 heteroatoms. The van der Waals surface area contributed by atoms with Gasteiger partial charge in [-0.2, -0.15) is 0 Å². The van der Waals surface area contributed by atoms with Gasteiger partial charge in [-0.3, -0.25) is 4.79 Å². The fraction of sp³-hybridized carbons (Fsp3) is 0.235. The molecule has 2 rings (SSSR count). The zero-order valence-corrected chi connectivity index (χ0v) is 13.4. The first kappa shape index (κ1) is 16.5. The van der Waals surface area contributed by atoms with Gasteiger partial charge >= 0.3 is 0 Å². The van der Waals surface area contributed by atoms with E-state index in [-0.39, 0.29) is 17.1 Å². The molecule has 0 saturated heterocycles. The predicted octanol–water partition coefficient (Wildman–Crippen LogP) is 2.66. The molecular weight excluding hydrogens is 300 g/mol. The third-order valence-corrected chi connectivity index (χ3v) is 3.38. The standard InChI is InChI=1S/C17H18O6/c1-20-11-5-6-12(13(18)9-11)16(19)10-7-14(21-2)17(23-4)15(8-10)22-3/h5-9,18H,1-4H3. The maximum absolute atomic E-state index is 12.6. The van der Waals surface area contributed by atoms with E-state index in [0.29, 0.717) is 28.6 Å². The van der Waals surface area contributed by atoms with Crippen LogP contribution in [0.3, 0.4) is 0 Å². The van der Waals surface area contributed by atoms with Crippen molar-refractivity contribution in [3.63, 3.8) is 0 Å². The second-order valence-corrected chi connectivity index (χ2v) is 4.63. The number of ether oxygens (including phenoxy) is 4. The lowest BCUT2D eigenvalue weighted by molar-refractivity contribution is 0.103. The molecular formula is C17H18O6. The second kappa shape index (κ2) is 6.91. The summed E-state index contributed by atoms with van der Waals surface area (Å²) in [4.78, 5) is 12.6. The van der Waals surface area contributed by atoms with Gasteiger partial charge in [0.1, 0.15) is 11.5 Å². The molecule has 2 aromatic carbocycles. The third kappa shape index (κ3) is 3.15. The summed E-state index contributed by atoms with van der Waals surface area (Å²) in [5, 5.41) is 10.0. The van der Waals surface area contributed by atoms with Crippen LogP contribution >= 0.6 is 0 Å². The molecule has 0 aliphatic carbocycles. The maximum Gasteiger partial charge on any atom is 0.203 e. The highest BCUT2D eigenvalue weighted by Gasteiger charge is 2.20. The van der Waals surface area contributed by atoms with Gasteiger partial charge in [-0.05, 0) is 24.3 Å². The number of phenolic OH excluding ortho intramolecular Hbond substituents is 1. The summed E-state index contributed by atoms with van der Waals surface area (Å²) in [6.07, 6.45) is 0. The van der Waals surface area contributed by atoms with Gasteiger partial charge in [0.25, 0.3) is 0 Å². The molecule has 0 fully saturated rings. The van der Waals surface area contributed by atoms with Crippen molar-refractivity contribution in [2.75, 3.05) is 28.4 Å². The average Bonchev–Trinajstić information content (AvgIpc) is 2.59. The monoisotopic (exact) mass is 318 g/mol. The summed E-state index contributed by atoms with van der Waals surface area (Å²) in [6, 6.07) is 7.55. The Kier molecular flexibility index (Phi) is 4.95. The quantitative estimate of drug-likeness (QED) is 0.825. The number of benzene rings is 2. The molecule has 0 aromatic heterocycles. The number of hydrogen-bond acceptors (Lipinski definition) is 6. The second-order valence-electron chi connectivity index (χ2n) is 4.63. The molecule has 0 heterocycles. The highest BCUT2D eigenvalue weighted by Crippen LogP contribution is 2.39. The van der Waals surface area contributed by atoms with Crippen LogP contribution in [0, 0.1) is 0 Å². The van der Waals surface area contributed by atoms with Gasteiger partial charge < -0.3 is 24.1 Å². The molecule has 0 amide bonds. The van der Waals surface area contributed by atoms with Crippen LogP contribution in [0.2, 0.25) is 0 Å². The maximum atomic E-state index is 12.6. The van der Waals surface area contributed by atoms with Crippen molar-refractivity contribution in [1.29, 1.82) is 0 Å². The molecule has 0 spiro atoms. The van der Waals surface area contributed by atoms with Gasteiger partial charge in [-0.1, -0.05) is 0 Å². The largest absolute Gasteiger partial charge is 0.507 e. The van der Waals surface area contributed by atoms with Gasteiger partial charge in [-0.15, -0.1) is 0 Å². The lowest BCUT2D eigenvalue weighted by atomic mass is 10.0. The third-order valence-electron chi connectivity index (χ3n) is 3.38. The summed E-state index contributed by atoms with van der Waals surface area (Å²) in [6.45, 7) is 0. The molecule has 23 heavy (non-hydrogen) atoms. The van der Waals surface area contributed by atoms with Crippen molar-refractivity contribution < 1.29 is 28.8 Å². The number of hydrogen-bond donors (Lipinski definition) is 1. The van der Waals surface area contributed by atoms with E-state index in [2.05, 4.69) is 0 Å². The Bertz CT molecular complexity index is 698. The molecule has 0 unspecified atom stereocenters. The Morgan fingerprint density at radius 2 is 1.48 bits per heavy atom. The molecule has 6 nitrogen and oxygen atoms in total. The van der Waals surface area contributed by atoms with Crippen LogP contribution in [0.25, 0.3) is 0 Å². The van der Waals surface area contributed by atoms with E-state index in [1.807, 2.05) is 0 Å². The number of carbonyl (C=O) groups excluding carboxylic acids is 1. The fourth-order valence-electron chi connectivity index (χ4n) is 2.20. The van der Waals surface area contributed by atoms with Gasteiger partial charge in [0.15, 0.2) is 17.3 Å². The Hall–Kier alpha value is -2.89. The Morgan fingerprint density at radius 3 is 1.91 bits per heavy atom. The smallest absolute Gasteiger partial charge is 0.203 e. The molecule has 1 N–H and O–H groups in total. The lowest BCUT2D eigenvalue weighted by Gasteiger charge is -2.14. The van der Waals surface area contributed by atoms with Crippen molar-refractivity contribution >= 4 is 5.78 Å². The molecule has 0 bridgehead atoms. The van der Waals surface area contributed by atoms with E-state index >= 15 is 0 Å². The van der Waals surface area contributed by atoms with E-state index in [4.69, 9.17) is 18.9 Å². The van der Waals surface area contributed by atoms with Crippen molar-refractivity contribution in [3.05, 3.63) is 41.5 Å². The molecule has 2 aromatic rings. The number of aromatic hydroxyl groups is 1. The Labute approximate surface area is 134 Å². The minimum atomic E-state index is -0.371. The first-order valence-electron chi connectivity index (χ1n) is 6.77. The van der Waals surface area contributed by atoms with Gasteiger partial charge in [0, 0.05) is 11.6 Å². The Morgan fingerprint density at radius 1 is 0.870 bits per heavy atom. The van der Waals surface area contributed by atoms with Crippen LogP contribution in [0.5, 0.6) is 28.7 Å². The zero-order valence-electron chi connectivity index (χ0n) is 13.4. The zero-order chi connectivity index (χ0) is 17.0. The normalized spacial score (nSPS) is 10.1. The number of methoxy groups -OCH3 is 4. The van der Waals surface area contributed by atoms with E-state index < -0.39 is 0 Å². The average molecular weight is 318 g/mol. The SMILES string of the molecule is COc1ccc(C(=O)c2cc(OC)c(OC)c(OC)c2)c(O)c1. The highest BCUT2D eigenvalue weighted by molar-refractivity contribution is 6.11. The molecule has 0 saturated carbocycles. The van der Waals surface area contributed by atoms with Gasteiger partial charge in [0.05, 0.1) is 34.0 Å². The molecule has 0 radical (unpaired) electrons. The number of ketones is 1. The highest BCUT2D eigenvalue weighted by atomic mass is 16.5. The summed E-state index contributed by atoms with van der Waals surface area (Å²) in [7, 11) is 5.90. The minimum Gasteiger partial charge on any atom is -0.507 e. The molecule has 0 aliphatic rings. The van der Waals surface area contributed by atoms with Crippen LogP contribution in [0.15, 0.2) is 30.3 Å². The lowest BCUT2D eigenvalue weighted by Crippen LogP contribution is -2.04. The van der Waals surface area contributed by atoms with Crippen LogP contribution < -0.4 is 18.9 Å². The van der Waals surface area contributed by atoms with Crippen LogP contribution in [-0.4, -0.2) is 39.3 Å². The Balaban J connectivity index is 2.51. The van der Waals surface area contributed by atoms with E-state index in [1.165, 1.54) is 52.7 Å². The van der Waals surface area contributed by atoms with Crippen LogP contribution in [-0.2, 0) is 0 Å². The van der Waals surface area contributed by atoms with Crippen molar-refractivity contribution in [3.8, 4) is 28.7 Å². The van der Waals surface area contributed by atoms with Crippen LogP contribution in [0.4, 0.5) is 0 Å². The van der Waals surface area contributed by atoms with E-state index in [9.17, 15) is 9.90 Å². The van der Waals surface area contributed by atoms with Crippen molar-refractivity contribution in [1.82, 2.24) is 0 Å². The number of carbonyl (C=O) groups is 1. The van der Waals surface area contributed by atoms with Crippen LogP contribution in [0.1, 0.15) is 15.9 Å². The summed E-state index contributed by atoms with van der Waals surface area (Å²) >= 11 is 0. The first-order valence-corrected chi connectivity index (χ1v) is 6.77. The summed E-state index contributed by atoms with van der Waals surface area (Å²) < 4.78 is 20.7. The molecule has 0 aliphatic heterocycles. The fourth-order valence-corrected chi connectivity index (χ4v) is 2.20. The first-order chi connectivity index (χ1) is 11.0. The van der Waals surface area contributed by atoms with Crippen molar-refractivity contribution in [2.24, 2.45) is 0 Å². The van der Waals surface area contributed by atoms with E-state index in [1.54, 1.807) is 6.07 Å². The van der Waals surface area contributed by atoms with Gasteiger partial charge in [-0.25, -0.2) is 0 Å². The van der Waals surface area contributed by atoms with Crippen molar-refractivity contribution in [2.45, 2.75) is 0 Å². The molecule has 0 atom stereocenters. The minimum absolute atomic E-state index is 0.153. The molecule has 122 valence electrons. The summed E-state index contributed by atoms with van der Waals surface area (Å²) in [5.41, 5.74) is 0.458. The topological polar surface area (TPSA) is 74.2 Å². The van der Waals surface area contributed by atoms with E-state index in [0.717, 1.165) is 0 Å². The number of rotatable bonds is 6.